The third-order valence-corrected chi connectivity index (χ3v) is 2.16. The summed E-state index contributed by atoms with van der Waals surface area (Å²) in [5, 5.41) is 0. The molecule has 0 bridgehead atoms. The molecule has 1 aromatic rings. The van der Waals surface area contributed by atoms with Crippen LogP contribution < -0.4 is 0 Å². The molecule has 0 saturated heterocycles. The van der Waals surface area contributed by atoms with Gasteiger partial charge in [-0.15, -0.1) is 0 Å². The van der Waals surface area contributed by atoms with E-state index < -0.39 is 0 Å². The summed E-state index contributed by atoms with van der Waals surface area (Å²) < 4.78 is 0. The maximum absolute atomic E-state index is 4.45. The molecule has 0 N–H and O–H groups in total. The van der Waals surface area contributed by atoms with Gasteiger partial charge in [0.15, 0.2) is 0 Å². The van der Waals surface area contributed by atoms with Gasteiger partial charge in [0.1, 0.15) is 0 Å². The van der Waals surface area contributed by atoms with Crippen LogP contribution in [0.5, 0.6) is 0 Å². The first-order chi connectivity index (χ1) is 5.83. The lowest BCUT2D eigenvalue weighted by atomic mass is 10.0. The first-order valence-electron chi connectivity index (χ1n) is 4.14. The lowest BCUT2D eigenvalue weighted by Crippen LogP contribution is -1.87. The van der Waals surface area contributed by atoms with Crippen LogP contribution in [0, 0.1) is 0 Å². The Bertz CT molecular complexity index is 372. The molecule has 0 aliphatic carbocycles. The third-order valence-electron chi connectivity index (χ3n) is 2.16. The average Bonchev–Trinajstić information content (AvgIpc) is 2.40. The predicted molar refractivity (Wildman–Crippen MR) is 52.9 cm³/mol. The maximum atomic E-state index is 4.45. The molecular weight excluding hydrogens is 146 g/mol. The van der Waals surface area contributed by atoms with E-state index in [1.807, 2.05) is 6.07 Å². The smallest absolute Gasteiger partial charge is 0.0711 e. The van der Waals surface area contributed by atoms with E-state index in [2.05, 4.69) is 43.1 Å². The van der Waals surface area contributed by atoms with Crippen molar-refractivity contribution in [1.29, 1.82) is 0 Å². The van der Waals surface area contributed by atoms with Crippen LogP contribution in [0.3, 0.4) is 0 Å². The molecule has 0 amide bonds. The van der Waals surface area contributed by atoms with Crippen LogP contribution in [0.1, 0.15) is 19.4 Å². The van der Waals surface area contributed by atoms with E-state index >= 15 is 0 Å². The largest absolute Gasteiger partial charge is 0.252 e. The van der Waals surface area contributed by atoms with E-state index in [0.29, 0.717) is 0 Å². The number of rotatable bonds is 0. The highest BCUT2D eigenvalue weighted by Gasteiger charge is 2.14. The standard InChI is InChI=1S/C11H11N/c1-3-9-8(2)12-11-7-5-4-6-10(9)11/h3-7H,1-2H3/b9-3+. The van der Waals surface area contributed by atoms with Crippen molar-refractivity contribution < 1.29 is 0 Å². The highest BCUT2D eigenvalue weighted by atomic mass is 14.8. The minimum absolute atomic E-state index is 1.10. The van der Waals surface area contributed by atoms with Gasteiger partial charge in [0.25, 0.3) is 0 Å². The fraction of sp³-hybridized carbons (Fsp3) is 0.182. The van der Waals surface area contributed by atoms with Crippen molar-refractivity contribution in [2.75, 3.05) is 0 Å². The molecule has 1 heterocycles. The summed E-state index contributed by atoms with van der Waals surface area (Å²) in [5.74, 6) is 0. The summed E-state index contributed by atoms with van der Waals surface area (Å²) in [6, 6.07) is 8.24. The molecule has 0 aromatic heterocycles. The molecule has 0 radical (unpaired) electrons. The van der Waals surface area contributed by atoms with Crippen molar-refractivity contribution >= 4 is 17.0 Å². The first kappa shape index (κ1) is 7.29. The summed E-state index contributed by atoms with van der Waals surface area (Å²) in [6.07, 6.45) is 2.12. The molecule has 0 spiro atoms. The topological polar surface area (TPSA) is 12.4 Å². The molecule has 1 aliphatic rings. The zero-order chi connectivity index (χ0) is 8.55. The number of para-hydroxylation sites is 1. The van der Waals surface area contributed by atoms with Gasteiger partial charge in [-0.1, -0.05) is 24.3 Å². The number of allylic oxidation sites excluding steroid dienone is 2. The van der Waals surface area contributed by atoms with Gasteiger partial charge in [0, 0.05) is 16.8 Å². The van der Waals surface area contributed by atoms with Gasteiger partial charge in [0.2, 0.25) is 0 Å². The molecule has 60 valence electrons. The fourth-order valence-corrected chi connectivity index (χ4v) is 1.60. The van der Waals surface area contributed by atoms with Crippen molar-refractivity contribution in [2.24, 2.45) is 4.99 Å². The second-order valence-electron chi connectivity index (χ2n) is 2.92. The molecule has 12 heavy (non-hydrogen) atoms. The minimum Gasteiger partial charge on any atom is -0.252 e. The summed E-state index contributed by atoms with van der Waals surface area (Å²) in [5.41, 5.74) is 4.75. The number of nitrogens with zero attached hydrogens (tertiary/aromatic N) is 1. The normalized spacial score (nSPS) is 17.8. The molecule has 0 saturated carbocycles. The molecule has 1 heteroatoms. The van der Waals surface area contributed by atoms with Crippen LogP contribution in [0.4, 0.5) is 5.69 Å². The van der Waals surface area contributed by atoms with Gasteiger partial charge < -0.3 is 0 Å². The van der Waals surface area contributed by atoms with Gasteiger partial charge in [-0.05, 0) is 19.9 Å². The monoisotopic (exact) mass is 157 g/mol. The quantitative estimate of drug-likeness (QED) is 0.548. The molecule has 1 nitrogen and oxygen atoms in total. The molecule has 0 unspecified atom stereocenters. The molecule has 0 atom stereocenters. The molecule has 0 fully saturated rings. The van der Waals surface area contributed by atoms with E-state index in [0.717, 1.165) is 11.4 Å². The Morgan fingerprint density at radius 3 is 2.75 bits per heavy atom. The summed E-state index contributed by atoms with van der Waals surface area (Å²) in [4.78, 5) is 4.45. The van der Waals surface area contributed by atoms with Crippen LogP contribution in [0.2, 0.25) is 0 Å². The van der Waals surface area contributed by atoms with E-state index in [4.69, 9.17) is 0 Å². The van der Waals surface area contributed by atoms with Crippen LogP contribution >= 0.6 is 0 Å². The lowest BCUT2D eigenvalue weighted by Gasteiger charge is -1.97. The number of hydrogen-bond acceptors (Lipinski definition) is 1. The minimum atomic E-state index is 1.10. The predicted octanol–water partition coefficient (Wildman–Crippen LogP) is 3.20. The summed E-state index contributed by atoms with van der Waals surface area (Å²) in [7, 11) is 0. The summed E-state index contributed by atoms with van der Waals surface area (Å²) >= 11 is 0. The molecule has 1 aliphatic heterocycles. The zero-order valence-corrected chi connectivity index (χ0v) is 7.33. The Balaban J connectivity index is 2.65. The van der Waals surface area contributed by atoms with Crippen molar-refractivity contribution in [1.82, 2.24) is 0 Å². The highest BCUT2D eigenvalue weighted by Crippen LogP contribution is 2.33. The van der Waals surface area contributed by atoms with Crippen molar-refractivity contribution in [3.63, 3.8) is 0 Å². The zero-order valence-electron chi connectivity index (χ0n) is 7.33. The second-order valence-corrected chi connectivity index (χ2v) is 2.92. The lowest BCUT2D eigenvalue weighted by molar-refractivity contribution is 1.54. The summed E-state index contributed by atoms with van der Waals surface area (Å²) in [6.45, 7) is 4.10. The molecular formula is C11H11N. The van der Waals surface area contributed by atoms with E-state index in [9.17, 15) is 0 Å². The van der Waals surface area contributed by atoms with Crippen LogP contribution in [0.15, 0.2) is 35.3 Å². The maximum Gasteiger partial charge on any atom is 0.0711 e. The Morgan fingerprint density at radius 2 is 2.00 bits per heavy atom. The van der Waals surface area contributed by atoms with Gasteiger partial charge >= 0.3 is 0 Å². The first-order valence-corrected chi connectivity index (χ1v) is 4.14. The molecule has 2 rings (SSSR count). The molecule has 1 aromatic carbocycles. The SMILES string of the molecule is C/C=C1\C(C)=Nc2ccccc21. The van der Waals surface area contributed by atoms with E-state index in [-0.39, 0.29) is 0 Å². The van der Waals surface area contributed by atoms with Gasteiger partial charge in [-0.2, -0.15) is 0 Å². The van der Waals surface area contributed by atoms with Gasteiger partial charge in [-0.25, -0.2) is 0 Å². The Hall–Kier alpha value is -1.37. The number of aliphatic imine (C=N–C) groups is 1. The number of fused-ring (bicyclic) bond motifs is 1. The Labute approximate surface area is 72.5 Å². The van der Waals surface area contributed by atoms with Crippen LogP contribution in [-0.4, -0.2) is 5.71 Å². The van der Waals surface area contributed by atoms with Crippen LogP contribution in [0.25, 0.3) is 5.57 Å². The van der Waals surface area contributed by atoms with E-state index in [1.54, 1.807) is 0 Å². The fourth-order valence-electron chi connectivity index (χ4n) is 1.60. The number of hydrogen-bond donors (Lipinski definition) is 0. The Morgan fingerprint density at radius 1 is 1.25 bits per heavy atom. The van der Waals surface area contributed by atoms with Gasteiger partial charge in [0.05, 0.1) is 5.69 Å². The van der Waals surface area contributed by atoms with Crippen molar-refractivity contribution in [3.05, 3.63) is 35.9 Å². The third kappa shape index (κ3) is 0.900. The van der Waals surface area contributed by atoms with Crippen molar-refractivity contribution in [2.45, 2.75) is 13.8 Å². The van der Waals surface area contributed by atoms with Crippen molar-refractivity contribution in [3.8, 4) is 0 Å². The highest BCUT2D eigenvalue weighted by molar-refractivity contribution is 6.27. The number of benzene rings is 1. The second kappa shape index (κ2) is 2.59. The van der Waals surface area contributed by atoms with Crippen LogP contribution in [-0.2, 0) is 0 Å². The Kier molecular flexibility index (Phi) is 1.58. The average molecular weight is 157 g/mol. The van der Waals surface area contributed by atoms with E-state index in [1.165, 1.54) is 11.1 Å². The van der Waals surface area contributed by atoms with Gasteiger partial charge in [-0.3, -0.25) is 4.99 Å².